The third-order valence-electron chi connectivity index (χ3n) is 3.72. The van der Waals surface area contributed by atoms with Crippen LogP contribution in [0.4, 0.5) is 10.5 Å². The number of anilines is 1. The van der Waals surface area contributed by atoms with Gasteiger partial charge in [-0.3, -0.25) is 15.0 Å². The van der Waals surface area contributed by atoms with E-state index in [4.69, 9.17) is 0 Å². The molecule has 5 heteroatoms. The van der Waals surface area contributed by atoms with Crippen LogP contribution in [-0.2, 0) is 4.79 Å². The highest BCUT2D eigenvalue weighted by Crippen LogP contribution is 2.35. The second kappa shape index (κ2) is 4.10. The van der Waals surface area contributed by atoms with Crippen LogP contribution in [0.25, 0.3) is 0 Å². The van der Waals surface area contributed by atoms with E-state index >= 15 is 0 Å². The van der Waals surface area contributed by atoms with E-state index < -0.39 is 5.54 Å². The van der Waals surface area contributed by atoms with Gasteiger partial charge in [0, 0.05) is 5.69 Å². The number of imide groups is 1. The lowest BCUT2D eigenvalue weighted by molar-refractivity contribution is -0.124. The molecular formula is C13H15N3O2. The fourth-order valence-electron chi connectivity index (χ4n) is 2.80. The number of carbonyl (C=O) groups excluding carboxylic acids is 2. The van der Waals surface area contributed by atoms with Gasteiger partial charge in [-0.25, -0.2) is 4.79 Å². The van der Waals surface area contributed by atoms with Crippen LogP contribution in [-0.4, -0.2) is 30.6 Å². The van der Waals surface area contributed by atoms with Gasteiger partial charge in [-0.1, -0.05) is 18.2 Å². The number of benzene rings is 1. The lowest BCUT2D eigenvalue weighted by atomic mass is 9.86. The van der Waals surface area contributed by atoms with Crippen molar-refractivity contribution in [1.29, 1.82) is 0 Å². The minimum Gasteiger partial charge on any atom is -0.317 e. The predicted molar refractivity (Wildman–Crippen MR) is 67.3 cm³/mol. The van der Waals surface area contributed by atoms with Gasteiger partial charge in [0.15, 0.2) is 0 Å². The average Bonchev–Trinajstić information content (AvgIpc) is 2.63. The van der Waals surface area contributed by atoms with Crippen molar-refractivity contribution in [1.82, 2.24) is 10.6 Å². The van der Waals surface area contributed by atoms with E-state index in [9.17, 15) is 9.59 Å². The summed E-state index contributed by atoms with van der Waals surface area (Å²) >= 11 is 0. The largest absolute Gasteiger partial charge is 0.329 e. The van der Waals surface area contributed by atoms with Crippen LogP contribution in [0.3, 0.4) is 0 Å². The molecule has 3 rings (SSSR count). The molecule has 1 aromatic carbocycles. The molecule has 5 nitrogen and oxygen atoms in total. The first-order valence-electron chi connectivity index (χ1n) is 6.15. The number of amides is 3. The summed E-state index contributed by atoms with van der Waals surface area (Å²) in [5.41, 5.74) is 0.0756. The van der Waals surface area contributed by atoms with Crippen molar-refractivity contribution < 1.29 is 9.59 Å². The SMILES string of the molecule is O=C1NC(=O)C2(CCNCC2)N1c1ccccc1. The van der Waals surface area contributed by atoms with Crippen molar-refractivity contribution in [2.45, 2.75) is 18.4 Å². The molecule has 3 amide bonds. The molecule has 0 saturated carbocycles. The first-order valence-corrected chi connectivity index (χ1v) is 6.15. The molecule has 2 aliphatic heterocycles. The highest BCUT2D eigenvalue weighted by Gasteiger charge is 2.53. The van der Waals surface area contributed by atoms with Crippen molar-refractivity contribution in [3.8, 4) is 0 Å². The van der Waals surface area contributed by atoms with Crippen LogP contribution in [0.2, 0.25) is 0 Å². The van der Waals surface area contributed by atoms with Crippen LogP contribution in [0.1, 0.15) is 12.8 Å². The molecule has 2 N–H and O–H groups in total. The second-order valence-electron chi connectivity index (χ2n) is 4.71. The Morgan fingerprint density at radius 1 is 1.06 bits per heavy atom. The number of nitrogens with one attached hydrogen (secondary N) is 2. The first kappa shape index (κ1) is 11.2. The Kier molecular flexibility index (Phi) is 2.56. The molecule has 0 aliphatic carbocycles. The van der Waals surface area contributed by atoms with Crippen LogP contribution >= 0.6 is 0 Å². The molecule has 2 heterocycles. The zero-order valence-corrected chi connectivity index (χ0v) is 9.98. The Morgan fingerprint density at radius 2 is 1.72 bits per heavy atom. The molecule has 2 aliphatic rings. The van der Waals surface area contributed by atoms with Crippen LogP contribution in [0, 0.1) is 0 Å². The van der Waals surface area contributed by atoms with E-state index in [1.165, 1.54) is 0 Å². The zero-order valence-electron chi connectivity index (χ0n) is 9.98. The highest BCUT2D eigenvalue weighted by molar-refractivity contribution is 6.17. The van der Waals surface area contributed by atoms with Crippen molar-refractivity contribution >= 4 is 17.6 Å². The van der Waals surface area contributed by atoms with Crippen molar-refractivity contribution in [2.75, 3.05) is 18.0 Å². The summed E-state index contributed by atoms with van der Waals surface area (Å²) < 4.78 is 0. The number of piperidine rings is 1. The lowest BCUT2D eigenvalue weighted by Gasteiger charge is -2.38. The lowest BCUT2D eigenvalue weighted by Crippen LogP contribution is -2.56. The molecule has 0 unspecified atom stereocenters. The summed E-state index contributed by atoms with van der Waals surface area (Å²) in [5, 5.41) is 5.67. The molecule has 18 heavy (non-hydrogen) atoms. The Bertz CT molecular complexity index is 480. The van der Waals surface area contributed by atoms with Crippen LogP contribution in [0.15, 0.2) is 30.3 Å². The minimum absolute atomic E-state index is 0.169. The molecular weight excluding hydrogens is 230 g/mol. The van der Waals surface area contributed by atoms with Gasteiger partial charge in [0.1, 0.15) is 5.54 Å². The van der Waals surface area contributed by atoms with E-state index in [-0.39, 0.29) is 11.9 Å². The molecule has 1 spiro atoms. The molecule has 0 bridgehead atoms. The van der Waals surface area contributed by atoms with E-state index in [1.807, 2.05) is 30.3 Å². The van der Waals surface area contributed by atoms with Gasteiger partial charge in [0.2, 0.25) is 0 Å². The highest BCUT2D eigenvalue weighted by atomic mass is 16.2. The number of hydrogen-bond donors (Lipinski definition) is 2. The Labute approximate surface area is 105 Å². The van der Waals surface area contributed by atoms with Gasteiger partial charge in [0.05, 0.1) is 0 Å². The molecule has 1 aromatic rings. The maximum Gasteiger partial charge on any atom is 0.329 e. The Hall–Kier alpha value is -1.88. The number of carbonyl (C=O) groups is 2. The molecule has 0 atom stereocenters. The normalized spacial score (nSPS) is 22.3. The van der Waals surface area contributed by atoms with Gasteiger partial charge in [-0.15, -0.1) is 0 Å². The smallest absolute Gasteiger partial charge is 0.317 e. The third kappa shape index (κ3) is 1.51. The van der Waals surface area contributed by atoms with E-state index in [1.54, 1.807) is 4.90 Å². The fraction of sp³-hybridized carbons (Fsp3) is 0.385. The third-order valence-corrected chi connectivity index (χ3v) is 3.72. The Balaban J connectivity index is 2.04. The molecule has 2 fully saturated rings. The maximum atomic E-state index is 12.1. The first-order chi connectivity index (χ1) is 8.74. The summed E-state index contributed by atoms with van der Waals surface area (Å²) in [6, 6.07) is 9.06. The molecule has 0 aromatic heterocycles. The molecule has 2 saturated heterocycles. The minimum atomic E-state index is -0.705. The van der Waals surface area contributed by atoms with E-state index in [0.29, 0.717) is 12.8 Å². The van der Waals surface area contributed by atoms with Crippen molar-refractivity contribution in [2.24, 2.45) is 0 Å². The van der Waals surface area contributed by atoms with Crippen molar-refractivity contribution in [3.05, 3.63) is 30.3 Å². The summed E-state index contributed by atoms with van der Waals surface area (Å²) in [6.07, 6.45) is 1.30. The topological polar surface area (TPSA) is 61.4 Å². The van der Waals surface area contributed by atoms with Crippen LogP contribution in [0.5, 0.6) is 0 Å². The number of nitrogens with zero attached hydrogens (tertiary/aromatic N) is 1. The van der Waals surface area contributed by atoms with Crippen molar-refractivity contribution in [3.63, 3.8) is 0 Å². The monoisotopic (exact) mass is 245 g/mol. The quantitative estimate of drug-likeness (QED) is 0.722. The van der Waals surface area contributed by atoms with Gasteiger partial charge in [-0.2, -0.15) is 0 Å². The van der Waals surface area contributed by atoms with Crippen LogP contribution < -0.4 is 15.5 Å². The standard InChI is InChI=1S/C13H15N3O2/c17-11-13(6-8-14-9-7-13)16(12(18)15-11)10-4-2-1-3-5-10/h1-5,14H,6-9H2,(H,15,17,18). The van der Waals surface area contributed by atoms with Gasteiger partial charge in [0.25, 0.3) is 5.91 Å². The maximum absolute atomic E-state index is 12.1. The summed E-state index contributed by atoms with van der Waals surface area (Å²) in [7, 11) is 0. The number of hydrogen-bond acceptors (Lipinski definition) is 3. The van der Waals surface area contributed by atoms with E-state index in [0.717, 1.165) is 18.8 Å². The predicted octanol–water partition coefficient (Wildman–Crippen LogP) is 0.865. The van der Waals surface area contributed by atoms with Gasteiger partial charge < -0.3 is 5.32 Å². The van der Waals surface area contributed by atoms with Gasteiger partial charge >= 0.3 is 6.03 Å². The number of para-hydroxylation sites is 1. The summed E-state index contributed by atoms with van der Waals surface area (Å²) in [6.45, 7) is 1.51. The fourth-order valence-corrected chi connectivity index (χ4v) is 2.80. The second-order valence-corrected chi connectivity index (χ2v) is 4.71. The average molecular weight is 245 g/mol. The zero-order chi connectivity index (χ0) is 12.6. The summed E-state index contributed by atoms with van der Waals surface area (Å²) in [5.74, 6) is -0.169. The summed E-state index contributed by atoms with van der Waals surface area (Å²) in [4.78, 5) is 25.8. The van der Waals surface area contributed by atoms with Gasteiger partial charge in [-0.05, 0) is 38.1 Å². The molecule has 94 valence electrons. The number of rotatable bonds is 1. The van der Waals surface area contributed by atoms with E-state index in [2.05, 4.69) is 10.6 Å². The number of urea groups is 1. The molecule has 0 radical (unpaired) electrons. The Morgan fingerprint density at radius 3 is 2.39 bits per heavy atom.